The van der Waals surface area contributed by atoms with Gasteiger partial charge in [-0.2, -0.15) is 0 Å². The van der Waals surface area contributed by atoms with Gasteiger partial charge in [-0.3, -0.25) is 5.32 Å². The van der Waals surface area contributed by atoms with Crippen LogP contribution >= 0.6 is 0 Å². The van der Waals surface area contributed by atoms with Gasteiger partial charge in [0.25, 0.3) is 0 Å². The van der Waals surface area contributed by atoms with Crippen LogP contribution in [0.2, 0.25) is 0 Å². The number of nitrogens with two attached hydrogens (primary N) is 1. The molecule has 0 bridgehead atoms. The summed E-state index contributed by atoms with van der Waals surface area (Å²) in [4.78, 5) is 0. The Kier molecular flexibility index (Phi) is 3.50. The monoisotopic (exact) mass is 376 g/mol. The zero-order valence-corrected chi connectivity index (χ0v) is 17.2. The Labute approximate surface area is 166 Å². The highest BCUT2D eigenvalue weighted by molar-refractivity contribution is 5.84. The van der Waals surface area contributed by atoms with Crippen molar-refractivity contribution in [2.24, 2.45) is 5.73 Å². The Bertz CT molecular complexity index is 1020. The van der Waals surface area contributed by atoms with Gasteiger partial charge in [-0.25, -0.2) is 0 Å². The predicted molar refractivity (Wildman–Crippen MR) is 112 cm³/mol. The Morgan fingerprint density at radius 2 is 1.68 bits per heavy atom. The molecule has 2 unspecified atom stereocenters. The number of fused-ring (bicyclic) bond motifs is 4. The molecule has 0 saturated carbocycles. The molecule has 1 aliphatic heterocycles. The average molecular weight is 377 g/mol. The van der Waals surface area contributed by atoms with Gasteiger partial charge in [-0.1, -0.05) is 36.4 Å². The Balaban J connectivity index is 1.59. The topological polar surface area (TPSA) is 56.5 Å². The molecule has 3 N–H and O–H groups in total. The third kappa shape index (κ3) is 2.17. The van der Waals surface area contributed by atoms with Crippen LogP contribution in [-0.2, 0) is 15.1 Å². The van der Waals surface area contributed by atoms with Gasteiger partial charge in [0, 0.05) is 12.0 Å². The van der Waals surface area contributed by atoms with E-state index in [0.29, 0.717) is 0 Å². The SMILES string of the molecule is CNC1(N)c2ccccc2-c2ccc(C3=C4OC(C)(C)C(C)(C)OC4C3)cc21. The summed E-state index contributed by atoms with van der Waals surface area (Å²) in [5.41, 5.74) is 12.5. The van der Waals surface area contributed by atoms with Crippen molar-refractivity contribution in [2.45, 2.75) is 57.1 Å². The molecule has 2 aromatic rings. The molecule has 146 valence electrons. The summed E-state index contributed by atoms with van der Waals surface area (Å²) >= 11 is 0. The van der Waals surface area contributed by atoms with Gasteiger partial charge >= 0.3 is 0 Å². The second kappa shape index (κ2) is 5.47. The van der Waals surface area contributed by atoms with E-state index in [0.717, 1.165) is 23.3 Å². The molecular formula is C24H28N2O2. The van der Waals surface area contributed by atoms with Crippen molar-refractivity contribution < 1.29 is 9.47 Å². The minimum atomic E-state index is -0.679. The average Bonchev–Trinajstić information content (AvgIpc) is 2.91. The molecule has 1 heterocycles. The van der Waals surface area contributed by atoms with Crippen LogP contribution in [0.3, 0.4) is 0 Å². The van der Waals surface area contributed by atoms with E-state index < -0.39 is 5.66 Å². The predicted octanol–water partition coefficient (Wildman–Crippen LogP) is 4.13. The molecular weight excluding hydrogens is 348 g/mol. The Hall–Kier alpha value is -2.14. The number of hydrogen-bond donors (Lipinski definition) is 2. The van der Waals surface area contributed by atoms with Gasteiger partial charge in [0.15, 0.2) is 0 Å². The molecule has 0 radical (unpaired) electrons. The lowest BCUT2D eigenvalue weighted by Crippen LogP contribution is -2.58. The highest BCUT2D eigenvalue weighted by Crippen LogP contribution is 2.51. The maximum absolute atomic E-state index is 6.84. The van der Waals surface area contributed by atoms with Crippen LogP contribution in [0.5, 0.6) is 0 Å². The molecule has 2 aromatic carbocycles. The first-order valence-corrected chi connectivity index (χ1v) is 10.0. The van der Waals surface area contributed by atoms with Crippen molar-refractivity contribution in [3.8, 4) is 11.1 Å². The molecule has 4 nitrogen and oxygen atoms in total. The molecule has 28 heavy (non-hydrogen) atoms. The van der Waals surface area contributed by atoms with Crippen molar-refractivity contribution in [1.29, 1.82) is 0 Å². The standard InChI is InChI=1S/C24H28N2O2/c1-22(2)23(3,4)28-21-17(13-20(21)27-22)14-10-11-16-15-8-6-7-9-18(15)24(25,26-5)19(16)12-14/h6-12,20,26H,13,25H2,1-5H3. The van der Waals surface area contributed by atoms with E-state index in [1.807, 2.05) is 13.1 Å². The van der Waals surface area contributed by atoms with Gasteiger partial charge in [0.2, 0.25) is 0 Å². The zero-order valence-electron chi connectivity index (χ0n) is 17.2. The molecule has 1 fully saturated rings. The molecule has 2 aliphatic carbocycles. The van der Waals surface area contributed by atoms with Crippen molar-refractivity contribution >= 4 is 5.57 Å². The van der Waals surface area contributed by atoms with Crippen molar-refractivity contribution in [2.75, 3.05) is 7.05 Å². The van der Waals surface area contributed by atoms with E-state index in [9.17, 15) is 0 Å². The molecule has 2 atom stereocenters. The summed E-state index contributed by atoms with van der Waals surface area (Å²) in [5.74, 6) is 0.979. The molecule has 0 amide bonds. The van der Waals surface area contributed by atoms with E-state index in [1.54, 1.807) is 0 Å². The largest absolute Gasteiger partial charge is 0.486 e. The van der Waals surface area contributed by atoms with Crippen LogP contribution < -0.4 is 11.1 Å². The van der Waals surface area contributed by atoms with Gasteiger partial charge in [-0.05, 0) is 68.6 Å². The normalized spacial score (nSPS) is 28.7. The molecule has 5 rings (SSSR count). The third-order valence-corrected chi connectivity index (χ3v) is 7.06. The molecule has 0 spiro atoms. The van der Waals surface area contributed by atoms with Crippen LogP contribution in [0.1, 0.15) is 50.8 Å². The number of hydrogen-bond acceptors (Lipinski definition) is 4. The van der Waals surface area contributed by atoms with Crippen LogP contribution in [0, 0.1) is 0 Å². The molecule has 0 aromatic heterocycles. The first-order valence-electron chi connectivity index (χ1n) is 10.0. The number of ether oxygens (including phenoxy) is 2. The van der Waals surface area contributed by atoms with Gasteiger partial charge < -0.3 is 15.2 Å². The minimum Gasteiger partial charge on any atom is -0.486 e. The van der Waals surface area contributed by atoms with Crippen LogP contribution in [0.15, 0.2) is 48.2 Å². The van der Waals surface area contributed by atoms with E-state index in [2.05, 4.69) is 69.4 Å². The first-order chi connectivity index (χ1) is 13.2. The van der Waals surface area contributed by atoms with Crippen LogP contribution in [0.4, 0.5) is 0 Å². The van der Waals surface area contributed by atoms with E-state index in [1.165, 1.54) is 22.3 Å². The van der Waals surface area contributed by atoms with Crippen molar-refractivity contribution in [1.82, 2.24) is 5.32 Å². The van der Waals surface area contributed by atoms with E-state index in [-0.39, 0.29) is 17.3 Å². The highest BCUT2D eigenvalue weighted by atomic mass is 16.6. The van der Waals surface area contributed by atoms with Crippen molar-refractivity contribution in [3.05, 3.63) is 64.9 Å². The summed E-state index contributed by atoms with van der Waals surface area (Å²) in [7, 11) is 1.92. The van der Waals surface area contributed by atoms with E-state index >= 15 is 0 Å². The quantitative estimate of drug-likeness (QED) is 0.774. The Morgan fingerprint density at radius 1 is 0.964 bits per heavy atom. The molecule has 4 heteroatoms. The van der Waals surface area contributed by atoms with Gasteiger partial charge in [0.1, 0.15) is 28.7 Å². The summed E-state index contributed by atoms with van der Waals surface area (Å²) in [5, 5.41) is 3.34. The van der Waals surface area contributed by atoms with Crippen molar-refractivity contribution in [3.63, 3.8) is 0 Å². The highest BCUT2D eigenvalue weighted by Gasteiger charge is 2.52. The number of rotatable bonds is 2. The fourth-order valence-corrected chi connectivity index (χ4v) is 4.59. The summed E-state index contributed by atoms with van der Waals surface area (Å²) in [6.45, 7) is 8.39. The van der Waals surface area contributed by atoms with Crippen LogP contribution in [-0.4, -0.2) is 24.4 Å². The molecule has 3 aliphatic rings. The maximum atomic E-state index is 6.84. The number of benzene rings is 2. The summed E-state index contributed by atoms with van der Waals surface area (Å²) < 4.78 is 12.7. The summed E-state index contributed by atoms with van der Waals surface area (Å²) in [6.07, 6.45) is 0.924. The Morgan fingerprint density at radius 3 is 2.43 bits per heavy atom. The lowest BCUT2D eigenvalue weighted by Gasteiger charge is -2.53. The fourth-order valence-electron chi connectivity index (χ4n) is 4.59. The smallest absolute Gasteiger partial charge is 0.131 e. The fraction of sp³-hybridized carbons (Fsp3) is 0.417. The lowest BCUT2D eigenvalue weighted by molar-refractivity contribution is -0.236. The number of nitrogens with one attached hydrogen (secondary N) is 1. The van der Waals surface area contributed by atoms with Gasteiger partial charge in [0.05, 0.1) is 0 Å². The van der Waals surface area contributed by atoms with Gasteiger partial charge in [-0.15, -0.1) is 0 Å². The molecule has 1 saturated heterocycles. The third-order valence-electron chi connectivity index (χ3n) is 7.06. The van der Waals surface area contributed by atoms with Crippen LogP contribution in [0.25, 0.3) is 16.7 Å². The first kappa shape index (κ1) is 17.9. The minimum absolute atomic E-state index is 0.0513. The lowest BCUT2D eigenvalue weighted by atomic mass is 9.80. The zero-order chi connectivity index (χ0) is 19.9. The second-order valence-corrected chi connectivity index (χ2v) is 9.14. The maximum Gasteiger partial charge on any atom is 0.131 e. The summed E-state index contributed by atoms with van der Waals surface area (Å²) in [6, 6.07) is 15.0. The van der Waals surface area contributed by atoms with E-state index in [4.69, 9.17) is 15.2 Å². The second-order valence-electron chi connectivity index (χ2n) is 9.14.